The van der Waals surface area contributed by atoms with Crippen LogP contribution < -0.4 is 0 Å². The maximum absolute atomic E-state index is 12.9. The monoisotopic (exact) mass is 313 g/mol. The highest BCUT2D eigenvalue weighted by Crippen LogP contribution is 2.12. The molecule has 6 heteroatoms. The molecule has 2 heterocycles. The van der Waals surface area contributed by atoms with Crippen LogP contribution in [-0.2, 0) is 0 Å². The molecule has 1 aliphatic rings. The second kappa shape index (κ2) is 6.56. The summed E-state index contributed by atoms with van der Waals surface area (Å²) >= 11 is 0. The smallest absolute Gasteiger partial charge is 0.254 e. The molecule has 0 aliphatic carbocycles. The molecule has 2 amide bonds. The minimum absolute atomic E-state index is 0.0544. The molecule has 23 heavy (non-hydrogen) atoms. The molecule has 3 rings (SSSR count). The van der Waals surface area contributed by atoms with Crippen molar-refractivity contribution in [2.75, 3.05) is 26.2 Å². The van der Waals surface area contributed by atoms with Crippen molar-refractivity contribution >= 4 is 11.8 Å². The lowest BCUT2D eigenvalue weighted by Crippen LogP contribution is -2.50. The number of carbonyl (C=O) groups excluding carboxylic acids is 2. The Morgan fingerprint density at radius 2 is 1.22 bits per heavy atom. The molecule has 0 atom stereocenters. The first-order chi connectivity index (χ1) is 11.1. The van der Waals surface area contributed by atoms with Gasteiger partial charge >= 0.3 is 0 Å². The molecule has 5 nitrogen and oxygen atoms in total. The predicted octanol–water partition coefficient (Wildman–Crippen LogP) is 1.82. The number of piperazine rings is 1. The van der Waals surface area contributed by atoms with Crippen molar-refractivity contribution in [3.8, 4) is 0 Å². The summed E-state index contributed by atoms with van der Waals surface area (Å²) < 4.78 is 12.9. The lowest BCUT2D eigenvalue weighted by molar-refractivity contribution is 0.0535. The first kappa shape index (κ1) is 15.1. The Morgan fingerprint density at radius 3 is 1.70 bits per heavy atom. The van der Waals surface area contributed by atoms with Gasteiger partial charge in [0.25, 0.3) is 11.8 Å². The van der Waals surface area contributed by atoms with Gasteiger partial charge in [0.05, 0.1) is 0 Å². The lowest BCUT2D eigenvalue weighted by Gasteiger charge is -2.34. The first-order valence-corrected chi connectivity index (χ1v) is 7.39. The molecule has 1 saturated heterocycles. The van der Waals surface area contributed by atoms with Gasteiger partial charge in [-0.1, -0.05) is 0 Å². The molecular formula is C17H16FN3O2. The van der Waals surface area contributed by atoms with Crippen molar-refractivity contribution in [1.29, 1.82) is 0 Å². The van der Waals surface area contributed by atoms with Crippen LogP contribution in [0.15, 0.2) is 48.8 Å². The van der Waals surface area contributed by atoms with Crippen LogP contribution in [0.2, 0.25) is 0 Å². The largest absolute Gasteiger partial charge is 0.335 e. The number of hydrogen-bond acceptors (Lipinski definition) is 3. The summed E-state index contributed by atoms with van der Waals surface area (Å²) in [6.45, 7) is 1.89. The Bertz CT molecular complexity index is 696. The standard InChI is InChI=1S/C17H16FN3O2/c18-15-3-1-13(2-4-15)16(22)20-9-11-21(12-10-20)17(23)14-5-7-19-8-6-14/h1-8H,9-12H2. The third kappa shape index (κ3) is 3.36. The van der Waals surface area contributed by atoms with Crippen molar-refractivity contribution in [2.24, 2.45) is 0 Å². The summed E-state index contributed by atoms with van der Waals surface area (Å²) in [5.41, 5.74) is 1.05. The molecule has 118 valence electrons. The normalized spacial score (nSPS) is 14.7. The van der Waals surface area contributed by atoms with E-state index in [4.69, 9.17) is 0 Å². The van der Waals surface area contributed by atoms with E-state index in [1.807, 2.05) is 0 Å². The van der Waals surface area contributed by atoms with E-state index in [0.717, 1.165) is 0 Å². The van der Waals surface area contributed by atoms with Crippen LogP contribution in [0.1, 0.15) is 20.7 Å². The average molecular weight is 313 g/mol. The van der Waals surface area contributed by atoms with Gasteiger partial charge in [-0.15, -0.1) is 0 Å². The zero-order valence-corrected chi connectivity index (χ0v) is 12.5. The maximum Gasteiger partial charge on any atom is 0.254 e. The molecule has 1 fully saturated rings. The summed E-state index contributed by atoms with van der Waals surface area (Å²) in [5.74, 6) is -0.559. The van der Waals surface area contributed by atoms with Gasteiger partial charge in [0.15, 0.2) is 0 Å². The summed E-state index contributed by atoms with van der Waals surface area (Å²) in [4.78, 5) is 32.0. The van der Waals surface area contributed by atoms with E-state index in [-0.39, 0.29) is 17.6 Å². The van der Waals surface area contributed by atoms with E-state index in [1.165, 1.54) is 24.3 Å². The number of pyridine rings is 1. The van der Waals surface area contributed by atoms with Crippen molar-refractivity contribution < 1.29 is 14.0 Å². The number of carbonyl (C=O) groups is 2. The summed E-state index contributed by atoms with van der Waals surface area (Å²) in [7, 11) is 0. The van der Waals surface area contributed by atoms with Gasteiger partial charge in [-0.25, -0.2) is 4.39 Å². The Balaban J connectivity index is 1.61. The van der Waals surface area contributed by atoms with Crippen LogP contribution in [0.4, 0.5) is 4.39 Å². The fourth-order valence-corrected chi connectivity index (χ4v) is 2.56. The van der Waals surface area contributed by atoms with Crippen LogP contribution in [0, 0.1) is 5.82 Å². The molecule has 1 aromatic heterocycles. The molecule has 0 spiro atoms. The second-order valence-electron chi connectivity index (χ2n) is 5.33. The number of amides is 2. The first-order valence-electron chi connectivity index (χ1n) is 7.39. The van der Waals surface area contributed by atoms with Crippen LogP contribution >= 0.6 is 0 Å². The molecule has 1 aliphatic heterocycles. The summed E-state index contributed by atoms with van der Waals surface area (Å²) in [5, 5.41) is 0. The summed E-state index contributed by atoms with van der Waals surface area (Å²) in [6, 6.07) is 8.86. The van der Waals surface area contributed by atoms with Gasteiger partial charge in [0, 0.05) is 49.7 Å². The molecular weight excluding hydrogens is 297 g/mol. The average Bonchev–Trinajstić information content (AvgIpc) is 2.62. The molecule has 0 saturated carbocycles. The van der Waals surface area contributed by atoms with Gasteiger partial charge in [0.1, 0.15) is 5.82 Å². The Kier molecular flexibility index (Phi) is 4.32. The second-order valence-corrected chi connectivity index (χ2v) is 5.33. The van der Waals surface area contributed by atoms with E-state index in [9.17, 15) is 14.0 Å². The molecule has 0 radical (unpaired) electrons. The summed E-state index contributed by atoms with van der Waals surface area (Å²) in [6.07, 6.45) is 3.17. The Morgan fingerprint density at radius 1 is 0.783 bits per heavy atom. The van der Waals surface area contributed by atoms with Crippen LogP contribution in [-0.4, -0.2) is 52.8 Å². The van der Waals surface area contributed by atoms with Crippen molar-refractivity contribution in [2.45, 2.75) is 0 Å². The Labute approximate surface area is 133 Å². The highest BCUT2D eigenvalue weighted by Gasteiger charge is 2.25. The SMILES string of the molecule is O=C(c1ccncc1)N1CCN(C(=O)c2ccc(F)cc2)CC1. The van der Waals surface area contributed by atoms with E-state index in [1.54, 1.807) is 34.3 Å². The van der Waals surface area contributed by atoms with Gasteiger partial charge in [-0.2, -0.15) is 0 Å². The van der Waals surface area contributed by atoms with Crippen LogP contribution in [0.5, 0.6) is 0 Å². The van der Waals surface area contributed by atoms with Gasteiger partial charge in [-0.05, 0) is 36.4 Å². The minimum atomic E-state index is -0.366. The molecule has 0 N–H and O–H groups in total. The zero-order valence-electron chi connectivity index (χ0n) is 12.5. The van der Waals surface area contributed by atoms with E-state index in [0.29, 0.717) is 37.3 Å². The van der Waals surface area contributed by atoms with Crippen LogP contribution in [0.25, 0.3) is 0 Å². The van der Waals surface area contributed by atoms with Gasteiger partial charge in [-0.3, -0.25) is 14.6 Å². The third-order valence-corrected chi connectivity index (χ3v) is 3.87. The zero-order chi connectivity index (χ0) is 16.2. The van der Waals surface area contributed by atoms with Crippen molar-refractivity contribution in [1.82, 2.24) is 14.8 Å². The third-order valence-electron chi connectivity index (χ3n) is 3.87. The van der Waals surface area contributed by atoms with Gasteiger partial charge < -0.3 is 9.80 Å². The molecule has 0 unspecified atom stereocenters. The fourth-order valence-electron chi connectivity index (χ4n) is 2.56. The minimum Gasteiger partial charge on any atom is -0.335 e. The topological polar surface area (TPSA) is 53.5 Å². The van der Waals surface area contributed by atoms with Crippen molar-refractivity contribution in [3.63, 3.8) is 0 Å². The highest BCUT2D eigenvalue weighted by molar-refractivity contribution is 5.95. The van der Waals surface area contributed by atoms with E-state index >= 15 is 0 Å². The number of nitrogens with zero attached hydrogens (tertiary/aromatic N) is 3. The van der Waals surface area contributed by atoms with Gasteiger partial charge in [0.2, 0.25) is 0 Å². The fraction of sp³-hybridized carbons (Fsp3) is 0.235. The maximum atomic E-state index is 12.9. The van der Waals surface area contributed by atoms with Crippen LogP contribution in [0.3, 0.4) is 0 Å². The molecule has 1 aromatic carbocycles. The number of rotatable bonds is 2. The van der Waals surface area contributed by atoms with E-state index in [2.05, 4.69) is 4.98 Å². The highest BCUT2D eigenvalue weighted by atomic mass is 19.1. The van der Waals surface area contributed by atoms with E-state index < -0.39 is 0 Å². The quantitative estimate of drug-likeness (QED) is 0.850. The molecule has 2 aromatic rings. The Hall–Kier alpha value is -2.76. The lowest BCUT2D eigenvalue weighted by atomic mass is 10.1. The number of hydrogen-bond donors (Lipinski definition) is 0. The number of aromatic nitrogens is 1. The van der Waals surface area contributed by atoms with Crippen molar-refractivity contribution in [3.05, 3.63) is 65.7 Å². The molecule has 0 bridgehead atoms. The number of halogens is 1. The predicted molar refractivity (Wildman–Crippen MR) is 82.4 cm³/mol. The number of benzene rings is 1.